The lowest BCUT2D eigenvalue weighted by molar-refractivity contribution is 0.660. The van der Waals surface area contributed by atoms with E-state index in [-0.39, 0.29) is 16.2 Å². The summed E-state index contributed by atoms with van der Waals surface area (Å²) in [6, 6.07) is 152. The molecule has 0 saturated carbocycles. The molecule has 0 unspecified atom stereocenters. The van der Waals surface area contributed by atoms with Crippen LogP contribution in [0.1, 0.15) is 74.9 Å². The van der Waals surface area contributed by atoms with Crippen molar-refractivity contribution in [3.05, 3.63) is 440 Å². The molecule has 3 aliphatic carbocycles. The normalized spacial score (nSPS) is 14.0. The fraction of sp³-hybridized carbons (Fsp3) is 0.0714. The molecule has 0 N–H and O–H groups in total. The van der Waals surface area contributed by atoms with Crippen LogP contribution in [0.25, 0.3) is 243 Å². The Labute approximate surface area is 767 Å². The molecule has 0 aliphatic heterocycles. The molecule has 29 rings (SSSR count). The Balaban J connectivity index is 0.635. The van der Waals surface area contributed by atoms with Gasteiger partial charge in [-0.15, -0.1) is 0 Å². The van der Waals surface area contributed by atoms with E-state index in [0.717, 1.165) is 106 Å². The minimum atomic E-state index is -0.147. The molecule has 0 spiro atoms. The van der Waals surface area contributed by atoms with Crippen LogP contribution in [0.3, 0.4) is 0 Å². The summed E-state index contributed by atoms with van der Waals surface area (Å²) in [7, 11) is 0. The highest BCUT2D eigenvalue weighted by atomic mass is 15.1. The second-order valence-corrected chi connectivity index (χ2v) is 38.9. The van der Waals surface area contributed by atoms with Gasteiger partial charge in [-0.3, -0.25) is 4.98 Å². The molecular weight excluding hydrogens is 1610 g/mol. The molecule has 7 aromatic heterocycles. The van der Waals surface area contributed by atoms with Crippen molar-refractivity contribution < 1.29 is 0 Å². The summed E-state index contributed by atoms with van der Waals surface area (Å²) in [6.07, 6.45) is 2.04. The fourth-order valence-electron chi connectivity index (χ4n) is 24.8. The predicted octanol–water partition coefficient (Wildman–Crippen LogP) is 32.7. The van der Waals surface area contributed by atoms with Crippen molar-refractivity contribution >= 4 is 142 Å². The van der Waals surface area contributed by atoms with Crippen LogP contribution in [0, 0.1) is 0 Å². The van der Waals surface area contributed by atoms with E-state index in [1.165, 1.54) is 170 Å². The van der Waals surface area contributed by atoms with Crippen LogP contribution in [-0.4, -0.2) is 32.4 Å². The summed E-state index contributed by atoms with van der Waals surface area (Å²) in [4.78, 5) is 5.66. The van der Waals surface area contributed by atoms with Crippen LogP contribution in [-0.2, 0) is 16.2 Å². The Bertz CT molecular complexity index is 9710. The van der Waals surface area contributed by atoms with Gasteiger partial charge >= 0.3 is 0 Å². The van der Waals surface area contributed by atoms with Crippen molar-refractivity contribution in [2.75, 3.05) is 0 Å². The van der Waals surface area contributed by atoms with E-state index in [4.69, 9.17) is 4.98 Å². The molecule has 0 fully saturated rings. The van der Waals surface area contributed by atoms with Crippen LogP contribution >= 0.6 is 0 Å². The van der Waals surface area contributed by atoms with Gasteiger partial charge in [0.1, 0.15) is 0 Å². The first kappa shape index (κ1) is 74.3. The lowest BCUT2D eigenvalue weighted by Crippen LogP contribution is -2.15. The van der Waals surface area contributed by atoms with Crippen molar-refractivity contribution in [1.29, 1.82) is 0 Å². The molecule has 0 amide bonds. The van der Waals surface area contributed by atoms with E-state index in [1.54, 1.807) is 0 Å². The molecule has 0 bridgehead atoms. The summed E-state index contributed by atoms with van der Waals surface area (Å²) < 4.78 is 15.1. The average Bonchev–Trinajstić information content (AvgIpc) is 1.58. The molecule has 0 saturated heterocycles. The van der Waals surface area contributed by atoms with Gasteiger partial charge in [0.2, 0.25) is 0 Å². The molecular formula is C126H85N7. The molecule has 133 heavy (non-hydrogen) atoms. The zero-order chi connectivity index (χ0) is 87.9. The number of nitrogens with zero attached hydrogens (tertiary/aromatic N) is 7. The van der Waals surface area contributed by atoms with Gasteiger partial charge in [-0.25, -0.2) is 0 Å². The number of pyridine rings is 1. The molecule has 0 atom stereocenters. The molecule has 0 radical (unpaired) electrons. The monoisotopic (exact) mass is 1700 g/mol. The van der Waals surface area contributed by atoms with Gasteiger partial charge in [0, 0.05) is 110 Å². The maximum Gasteiger partial charge on any atom is 0.0765 e. The van der Waals surface area contributed by atoms with Crippen LogP contribution in [0.5, 0.6) is 0 Å². The molecule has 3 aliphatic rings. The summed E-state index contributed by atoms with van der Waals surface area (Å²) in [5.41, 5.74) is 43.6. The average molecular weight is 1700 g/mol. The van der Waals surface area contributed by atoms with E-state index >= 15 is 0 Å². The Morgan fingerprint density at radius 3 is 0.797 bits per heavy atom. The minimum Gasteiger partial charge on any atom is -0.309 e. The van der Waals surface area contributed by atoms with Gasteiger partial charge in [0.25, 0.3) is 0 Å². The topological polar surface area (TPSA) is 42.5 Å². The molecule has 7 nitrogen and oxygen atoms in total. The zero-order valence-corrected chi connectivity index (χ0v) is 74.3. The number of fused-ring (bicyclic) bond motifs is 28. The largest absolute Gasteiger partial charge is 0.309 e. The van der Waals surface area contributed by atoms with Gasteiger partial charge < -0.3 is 27.4 Å². The van der Waals surface area contributed by atoms with Crippen LogP contribution in [0.15, 0.2) is 407 Å². The first-order chi connectivity index (χ1) is 65.2. The van der Waals surface area contributed by atoms with E-state index in [2.05, 4.69) is 469 Å². The minimum absolute atomic E-state index is 0.140. The van der Waals surface area contributed by atoms with E-state index in [9.17, 15) is 0 Å². The third-order valence-corrected chi connectivity index (χ3v) is 31.0. The number of para-hydroxylation sites is 6. The van der Waals surface area contributed by atoms with Crippen LogP contribution in [0.2, 0.25) is 0 Å². The smallest absolute Gasteiger partial charge is 0.0765 e. The Hall–Kier alpha value is -16.6. The standard InChI is InChI=1S/C126H85N7/c1-124(2)102-34-16-7-25-84(102)87-55-49-80(69-105(87)124)128-110-38-20-13-31-93(110)99-63-74(46-58-115(99)128)77-43-52-96-90-28-10-19-37-109(90)131(119(96)66-77)83-72-108-123(122(73-83)133-114-42-24-12-30-92(114)98-54-45-79(68-121(98)133)76-48-60-117-101(65-76)95-33-15-22-40-112(95)130(117)82-51-57-89-86-27-9-18-36-104(86)126(5,6)107(89)71-82)118(61-62-127-108)132-113-41-23-11-29-91(113)97-53-44-78(67-120(97)132)75-47-59-116-100(64-75)94-32-14-21-39-111(94)129(116)81-50-56-88-85-26-8-17-35-103(85)125(3,4)106(88)70-81/h7-73H,1-6H3. The summed E-state index contributed by atoms with van der Waals surface area (Å²) in [5.74, 6) is 0. The van der Waals surface area contributed by atoms with E-state index in [1.807, 2.05) is 6.20 Å². The summed E-state index contributed by atoms with van der Waals surface area (Å²) in [6.45, 7) is 14.2. The highest BCUT2D eigenvalue weighted by Crippen LogP contribution is 2.55. The van der Waals surface area contributed by atoms with Crippen molar-refractivity contribution in [2.24, 2.45) is 0 Å². The number of hydrogen-bond donors (Lipinski definition) is 0. The highest BCUT2D eigenvalue weighted by Gasteiger charge is 2.40. The quantitative estimate of drug-likeness (QED) is 0.142. The predicted molar refractivity (Wildman–Crippen MR) is 557 cm³/mol. The number of aromatic nitrogens is 7. The van der Waals surface area contributed by atoms with E-state index < -0.39 is 0 Å². The van der Waals surface area contributed by atoms with Gasteiger partial charge in [-0.05, 0) is 246 Å². The molecule has 624 valence electrons. The number of rotatable bonds is 9. The maximum atomic E-state index is 5.66. The molecule has 7 heterocycles. The second-order valence-electron chi connectivity index (χ2n) is 38.9. The maximum absolute atomic E-state index is 5.66. The molecule has 19 aromatic carbocycles. The molecule has 7 heteroatoms. The third kappa shape index (κ3) is 10.2. The Morgan fingerprint density at radius 1 is 0.173 bits per heavy atom. The zero-order valence-electron chi connectivity index (χ0n) is 74.3. The van der Waals surface area contributed by atoms with Gasteiger partial charge in [-0.1, -0.05) is 296 Å². The molecule has 26 aromatic rings. The second kappa shape index (κ2) is 26.8. The van der Waals surface area contributed by atoms with Crippen molar-refractivity contribution in [2.45, 2.75) is 57.8 Å². The fourth-order valence-corrected chi connectivity index (χ4v) is 24.8. The van der Waals surface area contributed by atoms with Crippen LogP contribution in [0.4, 0.5) is 0 Å². The van der Waals surface area contributed by atoms with Crippen molar-refractivity contribution in [3.8, 4) is 101 Å². The SMILES string of the molecule is CC1(C)c2ccccc2-c2ccc(-n3c4ccccc4c4cc(-c5ccc6c7ccccc7n(-c7cc(-n8c9ccccc9c9ccc(-c%10ccc%11c(c%10)c%10ccccc%10n%11-c%10ccc%11c(c%10)C(C)(C)c%10ccccc%10-%11)cc98)c8c(-n9c%10ccccc%10c%10ccc(-c%11ccc%12c(c%11)c%11ccccc%11n%12-c%11ccc%12c(c%11)C(C)(C)c%11ccccc%11-%12)cc%109)ccnc8c7)c6c5)ccc43)cc21. The van der Waals surface area contributed by atoms with Crippen LogP contribution < -0.4 is 0 Å². The first-order valence-electron chi connectivity index (χ1n) is 46.6. The van der Waals surface area contributed by atoms with E-state index in [0.29, 0.717) is 0 Å². The lowest BCUT2D eigenvalue weighted by Gasteiger charge is -2.22. The Kier molecular flexibility index (Phi) is 15.0. The lowest BCUT2D eigenvalue weighted by atomic mass is 9.82. The Morgan fingerprint density at radius 2 is 0.436 bits per heavy atom. The van der Waals surface area contributed by atoms with Gasteiger partial charge in [0.05, 0.1) is 88.8 Å². The summed E-state index contributed by atoms with van der Waals surface area (Å²) in [5, 5.41) is 15.3. The first-order valence-corrected chi connectivity index (χ1v) is 46.6. The third-order valence-electron chi connectivity index (χ3n) is 31.0. The number of benzene rings is 19. The summed E-state index contributed by atoms with van der Waals surface area (Å²) >= 11 is 0. The van der Waals surface area contributed by atoms with Gasteiger partial charge in [-0.2, -0.15) is 0 Å². The van der Waals surface area contributed by atoms with Gasteiger partial charge in [0.15, 0.2) is 0 Å². The van der Waals surface area contributed by atoms with Crippen molar-refractivity contribution in [3.63, 3.8) is 0 Å². The highest BCUT2D eigenvalue weighted by molar-refractivity contribution is 6.19. The number of hydrogen-bond acceptors (Lipinski definition) is 1. The van der Waals surface area contributed by atoms with Crippen molar-refractivity contribution in [1.82, 2.24) is 32.4 Å².